The molecule has 0 aromatic heterocycles. The number of piperazine rings is 1. The first kappa shape index (κ1) is 25.9. The molecule has 180 valence electrons. The number of carbonyl (C=O) groups excluding carboxylic acids is 1. The second kappa shape index (κ2) is 12.7. The van der Waals surface area contributed by atoms with Crippen molar-refractivity contribution in [1.29, 1.82) is 0 Å². The van der Waals surface area contributed by atoms with Gasteiger partial charge in [-0.3, -0.25) is 9.00 Å². The lowest BCUT2D eigenvalue weighted by molar-refractivity contribution is 0.0949. The van der Waals surface area contributed by atoms with Crippen LogP contribution in [0.25, 0.3) is 0 Å². The van der Waals surface area contributed by atoms with Gasteiger partial charge in [0.2, 0.25) is 0 Å². The van der Waals surface area contributed by atoms with Crippen molar-refractivity contribution in [3.05, 3.63) is 63.6 Å². The van der Waals surface area contributed by atoms with E-state index in [0.717, 1.165) is 44.7 Å². The number of benzene rings is 2. The van der Waals surface area contributed by atoms with Crippen LogP contribution in [0.1, 0.15) is 22.3 Å². The summed E-state index contributed by atoms with van der Waals surface area (Å²) in [5.74, 6) is -0.166. The van der Waals surface area contributed by atoms with Crippen molar-refractivity contribution >= 4 is 46.1 Å². The van der Waals surface area contributed by atoms with Crippen molar-refractivity contribution < 1.29 is 13.6 Å². The van der Waals surface area contributed by atoms with E-state index in [0.29, 0.717) is 34.3 Å². The third kappa shape index (κ3) is 7.67. The predicted octanol–water partition coefficient (Wildman–Crippen LogP) is 3.20. The fourth-order valence-corrected chi connectivity index (χ4v) is 4.66. The van der Waals surface area contributed by atoms with Crippen LogP contribution in [0, 0.1) is 0 Å². The lowest BCUT2D eigenvalue weighted by Gasteiger charge is -2.32. The van der Waals surface area contributed by atoms with Gasteiger partial charge in [-0.25, -0.2) is 0 Å². The molecule has 2 aromatic rings. The first-order valence-electron chi connectivity index (χ1n) is 10.9. The number of halogens is 2. The topological polar surface area (TPSA) is 79.0 Å². The summed E-state index contributed by atoms with van der Waals surface area (Å²) >= 11 is 9.77. The minimum Gasteiger partial charge on any atom is -0.755 e. The number of hydrogen-bond acceptors (Lipinski definition) is 5. The summed E-state index contributed by atoms with van der Waals surface area (Å²) in [4.78, 5) is 17.2. The Hall–Kier alpha value is -1.68. The Morgan fingerprint density at radius 1 is 1.12 bits per heavy atom. The molecule has 1 aliphatic heterocycles. The lowest BCUT2D eigenvalue weighted by Crippen LogP contribution is -2.45. The molecule has 1 heterocycles. The maximum absolute atomic E-state index is 12.4. The SMILES string of the molecule is CN1CCN(CCCNC(=O)c2ccc(N(CCc3cccc(Cl)c3Cl)S(=O)[O-])cc2)CC1. The Morgan fingerprint density at radius 2 is 1.82 bits per heavy atom. The zero-order chi connectivity index (χ0) is 23.8. The summed E-state index contributed by atoms with van der Waals surface area (Å²) in [5, 5.41) is 3.80. The Bertz CT molecular complexity index is 953. The van der Waals surface area contributed by atoms with E-state index in [1.807, 2.05) is 6.07 Å². The summed E-state index contributed by atoms with van der Waals surface area (Å²) in [6.45, 7) is 6.05. The predicted molar refractivity (Wildman–Crippen MR) is 134 cm³/mol. The second-order valence-electron chi connectivity index (χ2n) is 8.08. The van der Waals surface area contributed by atoms with Crippen LogP contribution in [-0.2, 0) is 17.7 Å². The first-order valence-corrected chi connectivity index (χ1v) is 12.7. The Labute approximate surface area is 208 Å². The summed E-state index contributed by atoms with van der Waals surface area (Å²) in [5.41, 5.74) is 1.74. The molecule has 33 heavy (non-hydrogen) atoms. The maximum atomic E-state index is 12.4. The number of carbonyl (C=O) groups is 1. The van der Waals surface area contributed by atoms with Crippen LogP contribution in [0.5, 0.6) is 0 Å². The van der Waals surface area contributed by atoms with Crippen LogP contribution in [0.4, 0.5) is 5.69 Å². The third-order valence-corrected chi connectivity index (χ3v) is 7.36. The van der Waals surface area contributed by atoms with Gasteiger partial charge < -0.3 is 24.0 Å². The summed E-state index contributed by atoms with van der Waals surface area (Å²) in [6.07, 6.45) is 1.30. The minimum absolute atomic E-state index is 0.166. The standard InChI is InChI=1S/C23H30Cl2N4O3S/c1-27-14-16-28(17-15-27)12-3-11-26-23(30)19-6-8-20(9-7-19)29(33(31)32)13-10-18-4-2-5-21(24)22(18)25/h2,4-9H,3,10-17H2,1H3,(H,26,30)(H,31,32)/p-1. The van der Waals surface area contributed by atoms with E-state index in [1.54, 1.807) is 36.4 Å². The summed E-state index contributed by atoms with van der Waals surface area (Å²) in [6, 6.07) is 11.8. The molecule has 1 amide bonds. The Balaban J connectivity index is 1.49. The van der Waals surface area contributed by atoms with E-state index in [2.05, 4.69) is 22.2 Å². The molecule has 1 aliphatic rings. The first-order chi connectivity index (χ1) is 15.8. The number of rotatable bonds is 10. The number of amides is 1. The highest BCUT2D eigenvalue weighted by atomic mass is 35.5. The van der Waals surface area contributed by atoms with E-state index in [4.69, 9.17) is 23.2 Å². The van der Waals surface area contributed by atoms with Crippen LogP contribution >= 0.6 is 23.2 Å². The van der Waals surface area contributed by atoms with E-state index >= 15 is 0 Å². The largest absolute Gasteiger partial charge is 0.755 e. The zero-order valence-electron chi connectivity index (χ0n) is 18.6. The van der Waals surface area contributed by atoms with Gasteiger partial charge in [0, 0.05) is 61.8 Å². The molecule has 10 heteroatoms. The smallest absolute Gasteiger partial charge is 0.251 e. The quantitative estimate of drug-likeness (QED) is 0.391. The van der Waals surface area contributed by atoms with Gasteiger partial charge in [-0.2, -0.15) is 0 Å². The summed E-state index contributed by atoms with van der Waals surface area (Å²) < 4.78 is 24.8. The highest BCUT2D eigenvalue weighted by Crippen LogP contribution is 2.26. The van der Waals surface area contributed by atoms with Gasteiger partial charge in [0.05, 0.1) is 10.0 Å². The minimum atomic E-state index is -2.47. The molecule has 2 aromatic carbocycles. The van der Waals surface area contributed by atoms with Crippen LogP contribution in [0.15, 0.2) is 42.5 Å². The summed E-state index contributed by atoms with van der Waals surface area (Å²) in [7, 11) is 2.13. The van der Waals surface area contributed by atoms with E-state index in [-0.39, 0.29) is 12.5 Å². The van der Waals surface area contributed by atoms with Gasteiger partial charge in [-0.1, -0.05) is 35.3 Å². The molecule has 1 fully saturated rings. The van der Waals surface area contributed by atoms with Crippen LogP contribution in [-0.4, -0.2) is 77.3 Å². The molecule has 3 rings (SSSR count). The average molecular weight is 512 g/mol. The lowest BCUT2D eigenvalue weighted by atomic mass is 10.1. The van der Waals surface area contributed by atoms with Gasteiger partial charge in [0.25, 0.3) is 5.91 Å². The molecular weight excluding hydrogens is 483 g/mol. The molecule has 7 nitrogen and oxygen atoms in total. The monoisotopic (exact) mass is 511 g/mol. The number of anilines is 1. The highest BCUT2D eigenvalue weighted by molar-refractivity contribution is 7.80. The Morgan fingerprint density at radius 3 is 2.48 bits per heavy atom. The highest BCUT2D eigenvalue weighted by Gasteiger charge is 2.14. The fourth-order valence-electron chi connectivity index (χ4n) is 3.71. The average Bonchev–Trinajstić information content (AvgIpc) is 2.81. The van der Waals surface area contributed by atoms with Crippen molar-refractivity contribution in [3.8, 4) is 0 Å². The van der Waals surface area contributed by atoms with Crippen molar-refractivity contribution in [1.82, 2.24) is 15.1 Å². The van der Waals surface area contributed by atoms with Crippen molar-refractivity contribution in [2.75, 3.05) is 57.2 Å². The zero-order valence-corrected chi connectivity index (χ0v) is 21.0. The molecule has 1 atom stereocenters. The van der Waals surface area contributed by atoms with Gasteiger partial charge >= 0.3 is 0 Å². The number of likely N-dealkylation sites (N-methyl/N-ethyl adjacent to an activating group) is 1. The second-order valence-corrected chi connectivity index (χ2v) is 9.74. The molecular formula is C23H29Cl2N4O3S-. The molecule has 0 aliphatic carbocycles. The molecule has 0 saturated carbocycles. The fraction of sp³-hybridized carbons (Fsp3) is 0.435. The third-order valence-electron chi connectivity index (χ3n) is 5.75. The van der Waals surface area contributed by atoms with E-state index < -0.39 is 11.3 Å². The van der Waals surface area contributed by atoms with Gasteiger partial charge in [0.1, 0.15) is 0 Å². The molecule has 1 N–H and O–H groups in total. The van der Waals surface area contributed by atoms with E-state index in [9.17, 15) is 13.6 Å². The van der Waals surface area contributed by atoms with Crippen LogP contribution < -0.4 is 9.62 Å². The molecule has 0 spiro atoms. The van der Waals surface area contributed by atoms with Crippen LogP contribution in [0.3, 0.4) is 0 Å². The number of nitrogens with one attached hydrogen (secondary N) is 1. The van der Waals surface area contributed by atoms with Gasteiger partial charge in [-0.15, -0.1) is 0 Å². The molecule has 0 bridgehead atoms. The molecule has 1 unspecified atom stereocenters. The normalized spacial score (nSPS) is 15.9. The number of hydrogen-bond donors (Lipinski definition) is 1. The van der Waals surface area contributed by atoms with Crippen molar-refractivity contribution in [2.24, 2.45) is 0 Å². The molecule has 0 radical (unpaired) electrons. The van der Waals surface area contributed by atoms with Gasteiger partial charge in [0.15, 0.2) is 0 Å². The van der Waals surface area contributed by atoms with E-state index in [1.165, 1.54) is 4.31 Å². The number of nitrogens with zero attached hydrogens (tertiary/aromatic N) is 3. The van der Waals surface area contributed by atoms with Gasteiger partial charge in [-0.05, 0) is 62.3 Å². The van der Waals surface area contributed by atoms with Crippen LogP contribution in [0.2, 0.25) is 10.0 Å². The van der Waals surface area contributed by atoms with Crippen molar-refractivity contribution in [3.63, 3.8) is 0 Å². The maximum Gasteiger partial charge on any atom is 0.251 e. The Kier molecular flexibility index (Phi) is 9.97. The molecule has 1 saturated heterocycles. The van der Waals surface area contributed by atoms with Crippen molar-refractivity contribution in [2.45, 2.75) is 12.8 Å².